The standard InChI is InChI=1S/C15H20ClN3OS/c1-4-11-7-19(5-6-20-11)8-12-17-14(16)13-9(2)10(3)21-15(13)18-12/h11H,4-8H2,1-3H3. The minimum atomic E-state index is 0.323. The Morgan fingerprint density at radius 2 is 2.19 bits per heavy atom. The van der Waals surface area contributed by atoms with E-state index in [0.717, 1.165) is 48.7 Å². The molecule has 6 heteroatoms. The van der Waals surface area contributed by atoms with Crippen molar-refractivity contribution in [3.63, 3.8) is 0 Å². The molecule has 1 aliphatic heterocycles. The van der Waals surface area contributed by atoms with Gasteiger partial charge in [-0.05, 0) is 25.8 Å². The van der Waals surface area contributed by atoms with Crippen molar-refractivity contribution in [2.75, 3.05) is 19.7 Å². The molecule has 114 valence electrons. The predicted octanol–water partition coefficient (Wildman–Crippen LogP) is 3.57. The first-order valence-corrected chi connectivity index (χ1v) is 8.54. The van der Waals surface area contributed by atoms with Gasteiger partial charge in [0.15, 0.2) is 0 Å². The number of nitrogens with zero attached hydrogens (tertiary/aromatic N) is 3. The highest BCUT2D eigenvalue weighted by molar-refractivity contribution is 7.18. The predicted molar refractivity (Wildman–Crippen MR) is 87.2 cm³/mol. The summed E-state index contributed by atoms with van der Waals surface area (Å²) in [4.78, 5) is 13.8. The van der Waals surface area contributed by atoms with Gasteiger partial charge in [0, 0.05) is 18.0 Å². The summed E-state index contributed by atoms with van der Waals surface area (Å²) in [6, 6.07) is 0. The molecule has 0 N–H and O–H groups in total. The maximum absolute atomic E-state index is 6.37. The minimum absolute atomic E-state index is 0.323. The minimum Gasteiger partial charge on any atom is -0.376 e. The number of rotatable bonds is 3. The summed E-state index contributed by atoms with van der Waals surface area (Å²) in [6.07, 6.45) is 1.37. The molecule has 0 aliphatic carbocycles. The lowest BCUT2D eigenvalue weighted by Gasteiger charge is -2.31. The first-order valence-electron chi connectivity index (χ1n) is 7.34. The van der Waals surface area contributed by atoms with Gasteiger partial charge in [0.2, 0.25) is 0 Å². The molecule has 21 heavy (non-hydrogen) atoms. The molecule has 1 unspecified atom stereocenters. The molecule has 1 aliphatic rings. The zero-order chi connectivity index (χ0) is 15.0. The van der Waals surface area contributed by atoms with E-state index in [2.05, 4.69) is 30.7 Å². The number of thiophene rings is 1. The molecule has 3 heterocycles. The van der Waals surface area contributed by atoms with Gasteiger partial charge in [-0.25, -0.2) is 9.97 Å². The Balaban J connectivity index is 1.84. The Kier molecular flexibility index (Phi) is 4.45. The Labute approximate surface area is 134 Å². The van der Waals surface area contributed by atoms with Gasteiger partial charge in [0.25, 0.3) is 0 Å². The van der Waals surface area contributed by atoms with Gasteiger partial charge in [-0.15, -0.1) is 11.3 Å². The van der Waals surface area contributed by atoms with Crippen LogP contribution in [-0.2, 0) is 11.3 Å². The third-order valence-corrected chi connectivity index (χ3v) is 5.45. The topological polar surface area (TPSA) is 38.2 Å². The number of aryl methyl sites for hydroxylation is 2. The van der Waals surface area contributed by atoms with Crippen molar-refractivity contribution in [2.45, 2.75) is 39.8 Å². The van der Waals surface area contributed by atoms with Gasteiger partial charge in [-0.3, -0.25) is 4.90 Å². The van der Waals surface area contributed by atoms with E-state index in [1.165, 1.54) is 10.4 Å². The number of hydrogen-bond acceptors (Lipinski definition) is 5. The zero-order valence-electron chi connectivity index (χ0n) is 12.6. The lowest BCUT2D eigenvalue weighted by atomic mass is 10.2. The second kappa shape index (κ2) is 6.16. The largest absolute Gasteiger partial charge is 0.376 e. The summed E-state index contributed by atoms with van der Waals surface area (Å²) in [5.41, 5.74) is 1.20. The third-order valence-electron chi connectivity index (χ3n) is 4.07. The molecular formula is C15H20ClN3OS. The van der Waals surface area contributed by atoms with Gasteiger partial charge in [-0.1, -0.05) is 18.5 Å². The Hall–Kier alpha value is -0.750. The highest BCUT2D eigenvalue weighted by atomic mass is 35.5. The Morgan fingerprint density at radius 1 is 1.38 bits per heavy atom. The first-order chi connectivity index (χ1) is 10.1. The van der Waals surface area contributed by atoms with Crippen LogP contribution in [0.2, 0.25) is 5.15 Å². The quantitative estimate of drug-likeness (QED) is 0.809. The molecule has 0 aromatic carbocycles. The normalized spacial score (nSPS) is 20.3. The number of fused-ring (bicyclic) bond motifs is 1. The van der Waals surface area contributed by atoms with E-state index >= 15 is 0 Å². The molecule has 0 bridgehead atoms. The van der Waals surface area contributed by atoms with Crippen LogP contribution in [0.1, 0.15) is 29.6 Å². The van der Waals surface area contributed by atoms with Gasteiger partial charge in [0.1, 0.15) is 15.8 Å². The fourth-order valence-electron chi connectivity index (χ4n) is 2.68. The summed E-state index contributed by atoms with van der Waals surface area (Å²) < 4.78 is 5.70. The molecular weight excluding hydrogens is 306 g/mol. The fourth-order valence-corrected chi connectivity index (χ4v) is 4.12. The van der Waals surface area contributed by atoms with Crippen LogP contribution in [-0.4, -0.2) is 40.7 Å². The van der Waals surface area contributed by atoms with E-state index in [-0.39, 0.29) is 0 Å². The number of morpholine rings is 1. The van der Waals surface area contributed by atoms with Crippen LogP contribution in [0.25, 0.3) is 10.2 Å². The van der Waals surface area contributed by atoms with E-state index in [9.17, 15) is 0 Å². The molecule has 1 fully saturated rings. The molecule has 3 rings (SSSR count). The van der Waals surface area contributed by atoms with Crippen molar-refractivity contribution in [3.8, 4) is 0 Å². The highest BCUT2D eigenvalue weighted by Gasteiger charge is 2.21. The molecule has 1 atom stereocenters. The van der Waals surface area contributed by atoms with E-state index in [1.54, 1.807) is 11.3 Å². The van der Waals surface area contributed by atoms with Gasteiger partial charge < -0.3 is 4.74 Å². The number of hydrogen-bond donors (Lipinski definition) is 0. The lowest BCUT2D eigenvalue weighted by Crippen LogP contribution is -2.41. The van der Waals surface area contributed by atoms with Crippen molar-refractivity contribution in [2.24, 2.45) is 0 Å². The number of halogens is 1. The molecule has 0 radical (unpaired) electrons. The molecule has 0 saturated carbocycles. The van der Waals surface area contributed by atoms with Crippen molar-refractivity contribution in [1.82, 2.24) is 14.9 Å². The number of aromatic nitrogens is 2. The fraction of sp³-hybridized carbons (Fsp3) is 0.600. The third kappa shape index (κ3) is 3.06. The van der Waals surface area contributed by atoms with E-state index in [0.29, 0.717) is 11.3 Å². The molecule has 4 nitrogen and oxygen atoms in total. The van der Waals surface area contributed by atoms with Crippen LogP contribution in [0.4, 0.5) is 0 Å². The zero-order valence-corrected chi connectivity index (χ0v) is 14.2. The summed E-state index contributed by atoms with van der Waals surface area (Å²) in [5.74, 6) is 0.811. The van der Waals surface area contributed by atoms with E-state index in [1.807, 2.05) is 0 Å². The van der Waals surface area contributed by atoms with Crippen LogP contribution < -0.4 is 0 Å². The Bertz CT molecular complexity index is 658. The van der Waals surface area contributed by atoms with Gasteiger partial charge in [-0.2, -0.15) is 0 Å². The Morgan fingerprint density at radius 3 is 2.95 bits per heavy atom. The smallest absolute Gasteiger partial charge is 0.145 e. The van der Waals surface area contributed by atoms with Crippen LogP contribution in [0.15, 0.2) is 0 Å². The number of ether oxygens (including phenoxy) is 1. The van der Waals surface area contributed by atoms with Crippen LogP contribution in [0.5, 0.6) is 0 Å². The first kappa shape index (κ1) is 15.2. The van der Waals surface area contributed by atoms with E-state index < -0.39 is 0 Å². The maximum Gasteiger partial charge on any atom is 0.145 e. The monoisotopic (exact) mass is 325 g/mol. The second-order valence-electron chi connectivity index (χ2n) is 5.53. The second-order valence-corrected chi connectivity index (χ2v) is 7.09. The summed E-state index contributed by atoms with van der Waals surface area (Å²) in [6.45, 7) is 9.74. The average Bonchev–Trinajstić information content (AvgIpc) is 2.74. The van der Waals surface area contributed by atoms with Crippen molar-refractivity contribution >= 4 is 33.2 Å². The van der Waals surface area contributed by atoms with Gasteiger partial charge in [0.05, 0.1) is 24.6 Å². The summed E-state index contributed by atoms with van der Waals surface area (Å²) in [7, 11) is 0. The van der Waals surface area contributed by atoms with Crippen LogP contribution >= 0.6 is 22.9 Å². The maximum atomic E-state index is 6.37. The molecule has 1 saturated heterocycles. The molecule has 2 aromatic rings. The SMILES string of the molecule is CCC1CN(Cc2nc(Cl)c3c(C)c(C)sc3n2)CCO1. The van der Waals surface area contributed by atoms with Crippen molar-refractivity contribution < 1.29 is 4.74 Å². The van der Waals surface area contributed by atoms with Crippen LogP contribution in [0.3, 0.4) is 0 Å². The van der Waals surface area contributed by atoms with Crippen molar-refractivity contribution in [3.05, 3.63) is 21.4 Å². The van der Waals surface area contributed by atoms with Gasteiger partial charge >= 0.3 is 0 Å². The average molecular weight is 326 g/mol. The molecule has 0 spiro atoms. The van der Waals surface area contributed by atoms with Crippen LogP contribution in [0, 0.1) is 13.8 Å². The summed E-state index contributed by atoms with van der Waals surface area (Å²) in [5, 5.41) is 1.59. The van der Waals surface area contributed by atoms with E-state index in [4.69, 9.17) is 21.3 Å². The molecule has 2 aromatic heterocycles. The molecule has 0 amide bonds. The lowest BCUT2D eigenvalue weighted by molar-refractivity contribution is -0.0331. The highest BCUT2D eigenvalue weighted by Crippen LogP contribution is 2.33. The van der Waals surface area contributed by atoms with Crippen molar-refractivity contribution in [1.29, 1.82) is 0 Å². The summed E-state index contributed by atoms with van der Waals surface area (Å²) >= 11 is 8.06.